The molecule has 24 heavy (non-hydrogen) atoms. The third-order valence-electron chi connectivity index (χ3n) is 3.49. The van der Waals surface area contributed by atoms with Crippen molar-refractivity contribution >= 4 is 23.1 Å². The predicted molar refractivity (Wildman–Crippen MR) is 97.1 cm³/mol. The maximum absolute atomic E-state index is 12.0. The molecule has 0 bridgehead atoms. The van der Waals surface area contributed by atoms with Crippen molar-refractivity contribution in [2.45, 2.75) is 20.4 Å². The zero-order chi connectivity index (χ0) is 16.9. The summed E-state index contributed by atoms with van der Waals surface area (Å²) in [6.45, 7) is 4.39. The molecule has 0 fully saturated rings. The molecular formula is C18H18N4OS. The quantitative estimate of drug-likeness (QED) is 0.751. The zero-order valence-electron chi connectivity index (χ0n) is 13.5. The first-order chi connectivity index (χ1) is 11.6. The lowest BCUT2D eigenvalue weighted by molar-refractivity contribution is 0.252. The summed E-state index contributed by atoms with van der Waals surface area (Å²) in [4.78, 5) is 21.7. The number of aromatic nitrogens is 2. The molecule has 5 nitrogen and oxygen atoms in total. The molecule has 2 amide bonds. The third-order valence-corrected chi connectivity index (χ3v) is 4.69. The van der Waals surface area contributed by atoms with Crippen molar-refractivity contribution in [3.8, 4) is 10.6 Å². The normalized spacial score (nSPS) is 10.4. The summed E-state index contributed by atoms with van der Waals surface area (Å²) in [5.41, 5.74) is 3.80. The van der Waals surface area contributed by atoms with Gasteiger partial charge < -0.3 is 10.6 Å². The van der Waals surface area contributed by atoms with Crippen LogP contribution < -0.4 is 10.6 Å². The molecule has 0 unspecified atom stereocenters. The first kappa shape index (κ1) is 16.1. The molecule has 0 atom stereocenters. The van der Waals surface area contributed by atoms with Crippen molar-refractivity contribution in [1.82, 2.24) is 15.3 Å². The molecule has 2 heterocycles. The fraction of sp³-hybridized carbons (Fsp3) is 0.167. The number of anilines is 1. The van der Waals surface area contributed by atoms with Gasteiger partial charge in [0, 0.05) is 28.5 Å². The first-order valence-corrected chi connectivity index (χ1v) is 8.41. The number of nitrogens with zero attached hydrogens (tertiary/aromatic N) is 2. The van der Waals surface area contributed by atoms with Crippen molar-refractivity contribution in [1.29, 1.82) is 0 Å². The number of amides is 2. The summed E-state index contributed by atoms with van der Waals surface area (Å²) >= 11 is 1.57. The molecule has 122 valence electrons. The number of pyridine rings is 1. The van der Waals surface area contributed by atoms with E-state index in [4.69, 9.17) is 0 Å². The monoisotopic (exact) mass is 338 g/mol. The summed E-state index contributed by atoms with van der Waals surface area (Å²) in [6.07, 6.45) is 3.53. The Labute approximate surface area is 144 Å². The minimum atomic E-state index is -0.226. The molecule has 0 spiro atoms. The van der Waals surface area contributed by atoms with Crippen LogP contribution in [0.2, 0.25) is 0 Å². The molecule has 2 aromatic heterocycles. The van der Waals surface area contributed by atoms with E-state index in [1.54, 1.807) is 23.7 Å². The summed E-state index contributed by atoms with van der Waals surface area (Å²) in [6, 6.07) is 11.3. The molecule has 3 aromatic rings. The van der Waals surface area contributed by atoms with Gasteiger partial charge in [0.05, 0.1) is 12.2 Å². The lowest BCUT2D eigenvalue weighted by Gasteiger charge is -2.07. The second kappa shape index (κ2) is 7.23. The lowest BCUT2D eigenvalue weighted by atomic mass is 10.2. The van der Waals surface area contributed by atoms with Gasteiger partial charge in [0.1, 0.15) is 5.01 Å². The molecule has 0 saturated heterocycles. The van der Waals surface area contributed by atoms with Gasteiger partial charge in [-0.1, -0.05) is 12.1 Å². The number of urea groups is 1. The van der Waals surface area contributed by atoms with E-state index in [0.717, 1.165) is 32.4 Å². The van der Waals surface area contributed by atoms with Crippen LogP contribution in [-0.4, -0.2) is 16.0 Å². The highest BCUT2D eigenvalue weighted by atomic mass is 32.1. The van der Waals surface area contributed by atoms with Gasteiger partial charge >= 0.3 is 6.03 Å². The number of carbonyl (C=O) groups excluding carboxylic acids is 1. The minimum absolute atomic E-state index is 0.226. The zero-order valence-corrected chi connectivity index (χ0v) is 14.4. The molecule has 6 heteroatoms. The van der Waals surface area contributed by atoms with Crippen LogP contribution in [0.5, 0.6) is 0 Å². The van der Waals surface area contributed by atoms with Crippen LogP contribution in [0, 0.1) is 13.8 Å². The Morgan fingerprint density at radius 1 is 1.21 bits per heavy atom. The average Bonchev–Trinajstić information content (AvgIpc) is 2.95. The second-order valence-corrected chi connectivity index (χ2v) is 6.53. The summed E-state index contributed by atoms with van der Waals surface area (Å²) in [5, 5.41) is 6.63. The van der Waals surface area contributed by atoms with Gasteiger partial charge in [0.15, 0.2) is 0 Å². The maximum atomic E-state index is 12.0. The molecule has 1 aromatic carbocycles. The van der Waals surface area contributed by atoms with Gasteiger partial charge in [-0.25, -0.2) is 9.78 Å². The van der Waals surface area contributed by atoms with Gasteiger partial charge in [-0.2, -0.15) is 0 Å². The largest absolute Gasteiger partial charge is 0.333 e. The van der Waals surface area contributed by atoms with E-state index in [-0.39, 0.29) is 6.03 Å². The molecular weight excluding hydrogens is 320 g/mol. The van der Waals surface area contributed by atoms with Gasteiger partial charge in [-0.15, -0.1) is 11.3 Å². The van der Waals surface area contributed by atoms with Crippen LogP contribution in [0.3, 0.4) is 0 Å². The Hall–Kier alpha value is -2.73. The Balaban J connectivity index is 1.62. The van der Waals surface area contributed by atoms with E-state index in [1.807, 2.05) is 50.2 Å². The van der Waals surface area contributed by atoms with Crippen molar-refractivity contribution < 1.29 is 4.79 Å². The van der Waals surface area contributed by atoms with Gasteiger partial charge in [-0.05, 0) is 43.7 Å². The molecule has 0 saturated carbocycles. The van der Waals surface area contributed by atoms with Crippen molar-refractivity contribution in [2.75, 3.05) is 5.32 Å². The van der Waals surface area contributed by atoms with E-state index in [1.165, 1.54) is 0 Å². The van der Waals surface area contributed by atoms with Gasteiger partial charge in [-0.3, -0.25) is 4.98 Å². The van der Waals surface area contributed by atoms with Crippen molar-refractivity contribution in [3.63, 3.8) is 0 Å². The predicted octanol–water partition coefficient (Wildman–Crippen LogP) is 4.14. The van der Waals surface area contributed by atoms with Crippen LogP contribution in [0.1, 0.15) is 16.1 Å². The van der Waals surface area contributed by atoms with Gasteiger partial charge in [0.25, 0.3) is 0 Å². The number of benzene rings is 1. The van der Waals surface area contributed by atoms with E-state index in [2.05, 4.69) is 20.6 Å². The molecule has 0 radical (unpaired) electrons. The standard InChI is InChI=1S/C18H18N4OS/c1-12-5-3-7-15(9-12)22-18(23)20-11-16-13(2)21-17(24-16)14-6-4-8-19-10-14/h3-10H,11H2,1-2H3,(H2,20,22,23). The number of rotatable bonds is 4. The number of hydrogen-bond acceptors (Lipinski definition) is 4. The van der Waals surface area contributed by atoms with Crippen LogP contribution in [0.15, 0.2) is 48.8 Å². The number of aryl methyl sites for hydroxylation is 2. The van der Waals surface area contributed by atoms with Crippen LogP contribution in [0.25, 0.3) is 10.6 Å². The number of hydrogen-bond donors (Lipinski definition) is 2. The minimum Gasteiger partial charge on any atom is -0.333 e. The Morgan fingerprint density at radius 3 is 2.83 bits per heavy atom. The van der Waals surface area contributed by atoms with Crippen molar-refractivity contribution in [3.05, 3.63) is 64.9 Å². The van der Waals surface area contributed by atoms with E-state index in [9.17, 15) is 4.79 Å². The highest BCUT2D eigenvalue weighted by molar-refractivity contribution is 7.15. The third kappa shape index (κ3) is 3.97. The SMILES string of the molecule is Cc1cccc(NC(=O)NCc2sc(-c3cccnc3)nc2C)c1. The van der Waals surface area contributed by atoms with E-state index in [0.29, 0.717) is 6.54 Å². The number of thiazole rings is 1. The van der Waals surface area contributed by atoms with Crippen molar-refractivity contribution in [2.24, 2.45) is 0 Å². The highest BCUT2D eigenvalue weighted by Crippen LogP contribution is 2.27. The van der Waals surface area contributed by atoms with Crippen LogP contribution in [0.4, 0.5) is 10.5 Å². The van der Waals surface area contributed by atoms with Gasteiger partial charge in [0.2, 0.25) is 0 Å². The van der Waals surface area contributed by atoms with E-state index < -0.39 is 0 Å². The Kier molecular flexibility index (Phi) is 4.86. The van der Waals surface area contributed by atoms with E-state index >= 15 is 0 Å². The van der Waals surface area contributed by atoms with Crippen LogP contribution in [-0.2, 0) is 6.54 Å². The fourth-order valence-corrected chi connectivity index (χ4v) is 3.26. The Morgan fingerprint density at radius 2 is 2.08 bits per heavy atom. The maximum Gasteiger partial charge on any atom is 0.319 e. The molecule has 3 rings (SSSR count). The lowest BCUT2D eigenvalue weighted by Crippen LogP contribution is -2.28. The molecule has 2 N–H and O–H groups in total. The number of nitrogens with one attached hydrogen (secondary N) is 2. The molecule has 0 aliphatic heterocycles. The average molecular weight is 338 g/mol. The summed E-state index contributed by atoms with van der Waals surface area (Å²) < 4.78 is 0. The summed E-state index contributed by atoms with van der Waals surface area (Å²) in [5.74, 6) is 0. The first-order valence-electron chi connectivity index (χ1n) is 7.60. The number of carbonyl (C=O) groups is 1. The molecule has 0 aliphatic rings. The topological polar surface area (TPSA) is 66.9 Å². The smallest absolute Gasteiger partial charge is 0.319 e. The fourth-order valence-electron chi connectivity index (χ4n) is 2.26. The highest BCUT2D eigenvalue weighted by Gasteiger charge is 2.10. The Bertz CT molecular complexity index is 845. The molecule has 0 aliphatic carbocycles. The second-order valence-electron chi connectivity index (χ2n) is 5.45. The summed E-state index contributed by atoms with van der Waals surface area (Å²) in [7, 11) is 0. The van der Waals surface area contributed by atoms with Crippen LogP contribution >= 0.6 is 11.3 Å².